The molecule has 1 spiro atoms. The van der Waals surface area contributed by atoms with Crippen LogP contribution in [0.15, 0.2) is 59.6 Å². The number of rotatable bonds is 9. The van der Waals surface area contributed by atoms with Crippen molar-refractivity contribution < 1.29 is 26.4 Å². The smallest absolute Gasteiger partial charge is 0.251 e. The summed E-state index contributed by atoms with van der Waals surface area (Å²) in [5.41, 5.74) is 2.55. The first-order valence-corrected chi connectivity index (χ1v) is 16.0. The first-order valence-electron chi connectivity index (χ1n) is 14.3. The minimum absolute atomic E-state index is 0.0229. The highest BCUT2D eigenvalue weighted by Crippen LogP contribution is 2.38. The number of fused-ring (bicyclic) bond motifs is 1. The van der Waals surface area contributed by atoms with E-state index in [1.54, 1.807) is 25.3 Å². The number of aryl methyl sites for hydroxylation is 1. The fraction of sp³-hybridized carbons (Fsp3) is 0.355. The number of carbonyl (C=O) groups excluding carboxylic acids is 1. The molecule has 0 atom stereocenters. The van der Waals surface area contributed by atoms with Crippen LogP contribution < -0.4 is 15.5 Å². The highest BCUT2D eigenvalue weighted by molar-refractivity contribution is 7.91. The standard InChI is InChI=1S/C31H31F3N6O3S/c1-19-2-3-20(12-27(19)44(42,43)11-6-28(33)34)30(41)36-17-23-15-25-21(16-35-23)4-5-24(38-25)26-13-22(32)14-29(39-26)40-10-9-37-31(18-40)7-8-31/h2-5,12-16,28,37H,6-11,17-18H2,1H3,(H,36,41). The van der Waals surface area contributed by atoms with Crippen molar-refractivity contribution >= 4 is 32.5 Å². The first kappa shape index (κ1) is 29.9. The molecule has 6 rings (SSSR count). The number of hydrogen-bond donors (Lipinski definition) is 2. The number of anilines is 1. The summed E-state index contributed by atoms with van der Waals surface area (Å²) < 4.78 is 65.2. The van der Waals surface area contributed by atoms with Gasteiger partial charge in [-0.1, -0.05) is 6.07 Å². The SMILES string of the molecule is Cc1ccc(C(=O)NCc2cc3nc(-c4cc(F)cc(N5CCNC6(CC6)C5)n4)ccc3cn2)cc1S(=O)(=O)CCC(F)F. The number of nitrogens with one attached hydrogen (secondary N) is 2. The summed E-state index contributed by atoms with van der Waals surface area (Å²) in [4.78, 5) is 28.7. The van der Waals surface area contributed by atoms with Crippen LogP contribution in [0.25, 0.3) is 22.3 Å². The Morgan fingerprint density at radius 2 is 1.91 bits per heavy atom. The molecule has 4 heterocycles. The number of hydrogen-bond acceptors (Lipinski definition) is 8. The second kappa shape index (κ2) is 11.8. The lowest BCUT2D eigenvalue weighted by atomic mass is 10.1. The number of amides is 1. The normalized spacial score (nSPS) is 16.1. The highest BCUT2D eigenvalue weighted by atomic mass is 32.2. The molecule has 0 unspecified atom stereocenters. The van der Waals surface area contributed by atoms with Crippen LogP contribution in [0.1, 0.15) is 40.9 Å². The van der Waals surface area contributed by atoms with Gasteiger partial charge in [0.15, 0.2) is 9.84 Å². The molecule has 2 fully saturated rings. The number of piperazine rings is 1. The summed E-state index contributed by atoms with van der Waals surface area (Å²) in [6.07, 6.45) is 0.298. The molecular formula is C31H31F3N6O3S. The van der Waals surface area contributed by atoms with Gasteiger partial charge in [-0.2, -0.15) is 0 Å². The van der Waals surface area contributed by atoms with Gasteiger partial charge < -0.3 is 15.5 Å². The molecule has 13 heteroatoms. The Balaban J connectivity index is 1.18. The van der Waals surface area contributed by atoms with Gasteiger partial charge in [0, 0.05) is 60.9 Å². The molecule has 0 radical (unpaired) electrons. The van der Waals surface area contributed by atoms with Crippen molar-refractivity contribution in [3.05, 3.63) is 77.4 Å². The quantitative estimate of drug-likeness (QED) is 0.281. The largest absolute Gasteiger partial charge is 0.353 e. The summed E-state index contributed by atoms with van der Waals surface area (Å²) in [6, 6.07) is 12.3. The van der Waals surface area contributed by atoms with Crippen LogP contribution in [0.2, 0.25) is 0 Å². The number of aromatic nitrogens is 3. The van der Waals surface area contributed by atoms with E-state index in [-0.39, 0.29) is 22.5 Å². The van der Waals surface area contributed by atoms with Gasteiger partial charge in [-0.05, 0) is 55.7 Å². The topological polar surface area (TPSA) is 117 Å². The Bertz CT molecular complexity index is 1850. The Hall–Kier alpha value is -4.10. The van der Waals surface area contributed by atoms with E-state index in [1.807, 2.05) is 6.07 Å². The third-order valence-corrected chi connectivity index (χ3v) is 9.93. The molecule has 4 aromatic rings. The molecule has 1 saturated carbocycles. The molecule has 230 valence electrons. The monoisotopic (exact) mass is 624 g/mol. The Kier molecular flexibility index (Phi) is 8.01. The average molecular weight is 625 g/mol. The zero-order chi connectivity index (χ0) is 31.1. The van der Waals surface area contributed by atoms with Crippen molar-refractivity contribution in [2.24, 2.45) is 0 Å². The van der Waals surface area contributed by atoms with Crippen LogP contribution in [0.4, 0.5) is 19.0 Å². The van der Waals surface area contributed by atoms with Crippen LogP contribution in [0, 0.1) is 12.7 Å². The maximum absolute atomic E-state index is 14.7. The van der Waals surface area contributed by atoms with Gasteiger partial charge in [-0.25, -0.2) is 31.6 Å². The summed E-state index contributed by atoms with van der Waals surface area (Å²) in [7, 11) is -3.99. The van der Waals surface area contributed by atoms with Gasteiger partial charge in [0.05, 0.1) is 39.8 Å². The van der Waals surface area contributed by atoms with Gasteiger partial charge in [-0.15, -0.1) is 0 Å². The number of carbonyl (C=O) groups is 1. The predicted molar refractivity (Wildman–Crippen MR) is 160 cm³/mol. The van der Waals surface area contributed by atoms with Crippen molar-refractivity contribution in [1.82, 2.24) is 25.6 Å². The van der Waals surface area contributed by atoms with E-state index in [4.69, 9.17) is 9.97 Å². The Morgan fingerprint density at radius 3 is 2.68 bits per heavy atom. The predicted octanol–water partition coefficient (Wildman–Crippen LogP) is 4.44. The number of benzene rings is 1. The fourth-order valence-electron chi connectivity index (χ4n) is 5.42. The van der Waals surface area contributed by atoms with E-state index in [0.29, 0.717) is 34.0 Å². The second-order valence-electron chi connectivity index (χ2n) is 11.4. The Labute approximate surface area is 252 Å². The number of alkyl halides is 2. The molecule has 1 aliphatic carbocycles. The van der Waals surface area contributed by atoms with Gasteiger partial charge in [0.2, 0.25) is 6.43 Å². The molecule has 3 aromatic heterocycles. The van der Waals surface area contributed by atoms with Crippen molar-refractivity contribution in [3.63, 3.8) is 0 Å². The maximum Gasteiger partial charge on any atom is 0.251 e. The van der Waals surface area contributed by atoms with Gasteiger partial charge >= 0.3 is 0 Å². The summed E-state index contributed by atoms with van der Waals surface area (Å²) in [5.74, 6) is -1.07. The lowest BCUT2D eigenvalue weighted by Crippen LogP contribution is -2.52. The molecule has 2 aliphatic rings. The minimum Gasteiger partial charge on any atom is -0.353 e. The molecule has 2 N–H and O–H groups in total. The van der Waals surface area contributed by atoms with E-state index >= 15 is 0 Å². The molecular weight excluding hydrogens is 593 g/mol. The highest BCUT2D eigenvalue weighted by Gasteiger charge is 2.45. The van der Waals surface area contributed by atoms with Crippen LogP contribution >= 0.6 is 0 Å². The van der Waals surface area contributed by atoms with Crippen molar-refractivity contribution in [1.29, 1.82) is 0 Å². The Morgan fingerprint density at radius 1 is 1.09 bits per heavy atom. The molecule has 9 nitrogen and oxygen atoms in total. The number of sulfone groups is 1. The summed E-state index contributed by atoms with van der Waals surface area (Å²) in [5, 5.41) is 7.01. The van der Waals surface area contributed by atoms with Crippen molar-refractivity contribution in [2.45, 2.75) is 49.6 Å². The minimum atomic E-state index is -3.99. The van der Waals surface area contributed by atoms with Crippen molar-refractivity contribution in [2.75, 3.05) is 30.3 Å². The lowest BCUT2D eigenvalue weighted by molar-refractivity contribution is 0.0950. The van der Waals surface area contributed by atoms with Gasteiger partial charge in [0.1, 0.15) is 11.6 Å². The van der Waals surface area contributed by atoms with E-state index < -0.39 is 40.2 Å². The second-order valence-corrected chi connectivity index (χ2v) is 13.5. The van der Waals surface area contributed by atoms with E-state index in [0.717, 1.165) is 37.9 Å². The number of halogens is 3. The third kappa shape index (κ3) is 6.53. The molecule has 1 saturated heterocycles. The van der Waals surface area contributed by atoms with Crippen molar-refractivity contribution in [3.8, 4) is 11.4 Å². The average Bonchev–Trinajstić information content (AvgIpc) is 3.75. The van der Waals surface area contributed by atoms with E-state index in [9.17, 15) is 26.4 Å². The van der Waals surface area contributed by atoms with E-state index in [2.05, 4.69) is 20.5 Å². The zero-order valence-corrected chi connectivity index (χ0v) is 24.8. The van der Waals surface area contributed by atoms with Crippen LogP contribution in [0.3, 0.4) is 0 Å². The molecule has 44 heavy (non-hydrogen) atoms. The summed E-state index contributed by atoms with van der Waals surface area (Å²) in [6.45, 7) is 3.91. The van der Waals surface area contributed by atoms with Crippen LogP contribution in [-0.4, -0.2) is 66.6 Å². The van der Waals surface area contributed by atoms with Crippen LogP contribution in [-0.2, 0) is 16.4 Å². The number of pyridine rings is 3. The maximum atomic E-state index is 14.7. The van der Waals surface area contributed by atoms with Gasteiger partial charge in [-0.3, -0.25) is 9.78 Å². The molecule has 0 bridgehead atoms. The van der Waals surface area contributed by atoms with E-state index in [1.165, 1.54) is 30.3 Å². The molecule has 1 aromatic carbocycles. The van der Waals surface area contributed by atoms with Crippen LogP contribution in [0.5, 0.6) is 0 Å². The zero-order valence-electron chi connectivity index (χ0n) is 24.0. The lowest BCUT2D eigenvalue weighted by Gasteiger charge is -2.35. The number of nitrogens with zero attached hydrogens (tertiary/aromatic N) is 4. The molecule has 1 amide bonds. The molecule has 1 aliphatic heterocycles. The fourth-order valence-corrected chi connectivity index (χ4v) is 6.99. The first-order chi connectivity index (χ1) is 21.0. The summed E-state index contributed by atoms with van der Waals surface area (Å²) >= 11 is 0. The third-order valence-electron chi connectivity index (χ3n) is 8.04. The van der Waals surface area contributed by atoms with Gasteiger partial charge in [0.25, 0.3) is 5.91 Å².